The summed E-state index contributed by atoms with van der Waals surface area (Å²) in [6.07, 6.45) is 0. The van der Waals surface area contributed by atoms with Crippen molar-refractivity contribution in [3.63, 3.8) is 0 Å². The van der Waals surface area contributed by atoms with E-state index < -0.39 is 0 Å². The fourth-order valence-electron chi connectivity index (χ4n) is 8.27. The van der Waals surface area contributed by atoms with E-state index in [4.69, 9.17) is 9.97 Å². The van der Waals surface area contributed by atoms with Crippen LogP contribution in [0.1, 0.15) is 0 Å². The fourth-order valence-corrected chi connectivity index (χ4v) is 8.27. The second-order valence-corrected chi connectivity index (χ2v) is 13.8. The maximum atomic E-state index is 5.27. The molecule has 0 fully saturated rings. The van der Waals surface area contributed by atoms with E-state index in [9.17, 15) is 0 Å². The van der Waals surface area contributed by atoms with E-state index in [-0.39, 0.29) is 0 Å². The minimum atomic E-state index is 0.703. The molecular formula is C50H32N4. The molecule has 4 nitrogen and oxygen atoms in total. The molecule has 0 N–H and O–H groups in total. The lowest BCUT2D eigenvalue weighted by molar-refractivity contribution is 1.17. The molecule has 3 aromatic heterocycles. The molecule has 54 heavy (non-hydrogen) atoms. The first-order valence-electron chi connectivity index (χ1n) is 18.3. The summed E-state index contributed by atoms with van der Waals surface area (Å²) in [5.74, 6) is 0.703. The molecule has 0 saturated carbocycles. The van der Waals surface area contributed by atoms with Crippen LogP contribution in [-0.4, -0.2) is 19.1 Å². The van der Waals surface area contributed by atoms with Crippen molar-refractivity contribution in [3.05, 3.63) is 194 Å². The van der Waals surface area contributed by atoms with Gasteiger partial charge >= 0.3 is 0 Å². The Morgan fingerprint density at radius 1 is 0.315 bits per heavy atom. The topological polar surface area (TPSA) is 35.6 Å². The molecule has 11 rings (SSSR count). The number of aromatic nitrogens is 4. The number of benzene rings is 8. The Hall–Kier alpha value is -7.30. The summed E-state index contributed by atoms with van der Waals surface area (Å²) >= 11 is 0. The molecule has 0 saturated heterocycles. The predicted molar refractivity (Wildman–Crippen MR) is 225 cm³/mol. The maximum absolute atomic E-state index is 5.27. The summed E-state index contributed by atoms with van der Waals surface area (Å²) in [6, 6.07) is 68.9. The smallest absolute Gasteiger partial charge is 0.160 e. The third kappa shape index (κ3) is 4.70. The van der Waals surface area contributed by atoms with Gasteiger partial charge in [0.05, 0.1) is 33.3 Å². The predicted octanol–water partition coefficient (Wildman–Crippen LogP) is 12.8. The van der Waals surface area contributed by atoms with Gasteiger partial charge in [-0.25, -0.2) is 9.97 Å². The number of hydrogen-bond donors (Lipinski definition) is 0. The number of rotatable bonds is 5. The van der Waals surface area contributed by atoms with E-state index in [0.29, 0.717) is 5.82 Å². The quantitative estimate of drug-likeness (QED) is 0.180. The van der Waals surface area contributed by atoms with Gasteiger partial charge in [-0.1, -0.05) is 133 Å². The van der Waals surface area contributed by atoms with Crippen LogP contribution < -0.4 is 0 Å². The van der Waals surface area contributed by atoms with Crippen molar-refractivity contribution in [2.75, 3.05) is 0 Å². The third-order valence-corrected chi connectivity index (χ3v) is 10.7. The summed E-state index contributed by atoms with van der Waals surface area (Å²) in [5, 5.41) is 5.95. The lowest BCUT2D eigenvalue weighted by atomic mass is 9.99. The largest absolute Gasteiger partial charge is 0.309 e. The van der Waals surface area contributed by atoms with Crippen molar-refractivity contribution in [1.82, 2.24) is 19.1 Å². The Kier molecular flexibility index (Phi) is 6.82. The number of fused-ring (bicyclic) bond motifs is 7. The second-order valence-electron chi connectivity index (χ2n) is 13.8. The summed E-state index contributed by atoms with van der Waals surface area (Å²) in [7, 11) is 0. The zero-order chi connectivity index (χ0) is 35.6. The van der Waals surface area contributed by atoms with Gasteiger partial charge in [0.2, 0.25) is 0 Å². The van der Waals surface area contributed by atoms with E-state index in [1.165, 1.54) is 43.6 Å². The van der Waals surface area contributed by atoms with Crippen LogP contribution in [0.2, 0.25) is 0 Å². The van der Waals surface area contributed by atoms with Crippen LogP contribution in [0.15, 0.2) is 194 Å². The van der Waals surface area contributed by atoms with Gasteiger partial charge in [0.1, 0.15) is 0 Å². The summed E-state index contributed by atoms with van der Waals surface area (Å²) in [6.45, 7) is 0. The average Bonchev–Trinajstić information content (AvgIpc) is 3.75. The Balaban J connectivity index is 1.11. The van der Waals surface area contributed by atoms with Crippen molar-refractivity contribution in [2.24, 2.45) is 0 Å². The number of para-hydroxylation sites is 4. The van der Waals surface area contributed by atoms with Gasteiger partial charge in [0.15, 0.2) is 5.82 Å². The van der Waals surface area contributed by atoms with Gasteiger partial charge in [-0.05, 0) is 66.2 Å². The molecule has 0 spiro atoms. The van der Waals surface area contributed by atoms with Crippen molar-refractivity contribution >= 4 is 54.5 Å². The number of nitrogens with zero attached hydrogens (tertiary/aromatic N) is 4. The molecule has 4 heteroatoms. The molecule has 8 aromatic carbocycles. The molecule has 0 amide bonds. The molecule has 0 unspecified atom stereocenters. The summed E-state index contributed by atoms with van der Waals surface area (Å²) < 4.78 is 4.79. The van der Waals surface area contributed by atoms with Crippen molar-refractivity contribution in [3.8, 4) is 45.1 Å². The molecule has 0 atom stereocenters. The van der Waals surface area contributed by atoms with E-state index in [1.54, 1.807) is 0 Å². The SMILES string of the molecule is c1ccc(-c2nc(-c3ccc(-n4c5ccccc5c5cc6c(cc54)c4ccccc4n6-c4ccccc4)cc3)nc3c(-c4ccccc4)cccc23)cc1. The molecule has 11 aromatic rings. The minimum Gasteiger partial charge on any atom is -0.309 e. The monoisotopic (exact) mass is 688 g/mol. The van der Waals surface area contributed by atoms with E-state index in [0.717, 1.165) is 50.2 Å². The maximum Gasteiger partial charge on any atom is 0.160 e. The van der Waals surface area contributed by atoms with Gasteiger partial charge in [-0.2, -0.15) is 0 Å². The molecule has 0 radical (unpaired) electrons. The van der Waals surface area contributed by atoms with Gasteiger partial charge in [0.25, 0.3) is 0 Å². The highest BCUT2D eigenvalue weighted by Crippen LogP contribution is 2.40. The first-order chi connectivity index (χ1) is 26.8. The molecule has 0 aliphatic heterocycles. The van der Waals surface area contributed by atoms with Crippen LogP contribution in [0.4, 0.5) is 0 Å². The van der Waals surface area contributed by atoms with Crippen LogP contribution in [0.5, 0.6) is 0 Å². The van der Waals surface area contributed by atoms with Crippen molar-refractivity contribution in [2.45, 2.75) is 0 Å². The third-order valence-electron chi connectivity index (χ3n) is 10.7. The van der Waals surface area contributed by atoms with Crippen molar-refractivity contribution < 1.29 is 0 Å². The minimum absolute atomic E-state index is 0.703. The Bertz CT molecular complexity index is 3180. The Labute approximate surface area is 311 Å². The van der Waals surface area contributed by atoms with Gasteiger partial charge in [-0.15, -0.1) is 0 Å². The van der Waals surface area contributed by atoms with Gasteiger partial charge in [0, 0.05) is 55.0 Å². The molecular weight excluding hydrogens is 657 g/mol. The molecule has 0 bridgehead atoms. The Morgan fingerprint density at radius 3 is 1.43 bits per heavy atom. The molecule has 0 aliphatic rings. The summed E-state index contributed by atoms with van der Waals surface area (Å²) in [4.78, 5) is 10.5. The van der Waals surface area contributed by atoms with Crippen LogP contribution in [0, 0.1) is 0 Å². The second kappa shape index (κ2) is 12.1. The normalized spacial score (nSPS) is 11.7. The Morgan fingerprint density at radius 2 is 0.815 bits per heavy atom. The lowest BCUT2D eigenvalue weighted by Crippen LogP contribution is -1.98. The average molecular weight is 689 g/mol. The van der Waals surface area contributed by atoms with Gasteiger partial charge < -0.3 is 9.13 Å². The standard InChI is InChI=1S/C50H32N4/c1-4-15-33(16-5-1)38-23-14-24-41-48(34-17-6-2-7-18-34)51-50(52-49(38)41)35-27-29-37(30-28-35)54-45-26-13-11-22-40(45)43-31-46-42(32-47(43)54)39-21-10-12-25-44(39)53(46)36-19-8-3-9-20-36/h1-32H. The van der Waals surface area contributed by atoms with E-state index in [2.05, 4.69) is 197 Å². The molecule has 3 heterocycles. The highest BCUT2D eigenvalue weighted by Gasteiger charge is 2.19. The lowest BCUT2D eigenvalue weighted by Gasteiger charge is -2.13. The first-order valence-corrected chi connectivity index (χ1v) is 18.3. The van der Waals surface area contributed by atoms with Crippen LogP contribution >= 0.6 is 0 Å². The number of hydrogen-bond acceptors (Lipinski definition) is 2. The van der Waals surface area contributed by atoms with Crippen LogP contribution in [-0.2, 0) is 0 Å². The summed E-state index contributed by atoms with van der Waals surface area (Å²) in [5.41, 5.74) is 13.1. The zero-order valence-corrected chi connectivity index (χ0v) is 29.3. The fraction of sp³-hybridized carbons (Fsp3) is 0. The zero-order valence-electron chi connectivity index (χ0n) is 29.3. The van der Waals surface area contributed by atoms with Crippen molar-refractivity contribution in [1.29, 1.82) is 0 Å². The van der Waals surface area contributed by atoms with Crippen LogP contribution in [0.3, 0.4) is 0 Å². The van der Waals surface area contributed by atoms with Crippen LogP contribution in [0.25, 0.3) is 99.7 Å². The van der Waals surface area contributed by atoms with E-state index in [1.807, 2.05) is 6.07 Å². The van der Waals surface area contributed by atoms with Gasteiger partial charge in [-0.3, -0.25) is 0 Å². The molecule has 0 aliphatic carbocycles. The molecule has 252 valence electrons. The first kappa shape index (κ1) is 30.3. The highest BCUT2D eigenvalue weighted by molar-refractivity contribution is 6.19. The van der Waals surface area contributed by atoms with E-state index >= 15 is 0 Å². The highest BCUT2D eigenvalue weighted by atomic mass is 15.0.